The van der Waals surface area contributed by atoms with E-state index >= 15 is 0 Å². The molecule has 0 fully saturated rings. The second kappa shape index (κ2) is 6.23. The van der Waals surface area contributed by atoms with Gasteiger partial charge < -0.3 is 9.88 Å². The summed E-state index contributed by atoms with van der Waals surface area (Å²) >= 11 is 0. The van der Waals surface area contributed by atoms with Crippen molar-refractivity contribution in [2.24, 2.45) is 0 Å². The van der Waals surface area contributed by atoms with E-state index in [1.165, 1.54) is 22.3 Å². The van der Waals surface area contributed by atoms with E-state index in [-0.39, 0.29) is 0 Å². The third-order valence-electron chi connectivity index (χ3n) is 3.93. The molecule has 0 aliphatic heterocycles. The zero-order chi connectivity index (χ0) is 14.7. The molecule has 2 aromatic rings. The Kier molecular flexibility index (Phi) is 4.61. The van der Waals surface area contributed by atoms with Gasteiger partial charge in [0, 0.05) is 31.0 Å². The normalized spacial score (nSPS) is 14.2. The summed E-state index contributed by atoms with van der Waals surface area (Å²) in [6, 6.07) is 5.35. The maximum absolute atomic E-state index is 4.08. The lowest BCUT2D eigenvalue weighted by Crippen LogP contribution is -2.32. The van der Waals surface area contributed by atoms with Crippen molar-refractivity contribution in [2.45, 2.75) is 53.2 Å². The van der Waals surface area contributed by atoms with Crippen molar-refractivity contribution in [3.8, 4) is 0 Å². The van der Waals surface area contributed by atoms with Gasteiger partial charge in [-0.15, -0.1) is 0 Å². The minimum absolute atomic E-state index is 0.354. The Hall–Kier alpha value is -1.61. The average molecular weight is 271 g/mol. The molecule has 108 valence electrons. The minimum Gasteiger partial charge on any atom is -0.336 e. The first-order chi connectivity index (χ1) is 9.47. The molecule has 2 rings (SSSR count). The summed E-state index contributed by atoms with van der Waals surface area (Å²) in [4.78, 5) is 4.08. The van der Waals surface area contributed by atoms with Gasteiger partial charge in [-0.05, 0) is 56.9 Å². The maximum Gasteiger partial charge on any atom is 0.0946 e. The van der Waals surface area contributed by atoms with Gasteiger partial charge in [0.05, 0.1) is 6.33 Å². The Morgan fingerprint density at radius 3 is 2.45 bits per heavy atom. The molecule has 0 radical (unpaired) electrons. The Labute approximate surface area is 122 Å². The number of aromatic nitrogens is 2. The highest BCUT2D eigenvalue weighted by atomic mass is 15.1. The second-order valence-electron chi connectivity index (χ2n) is 5.84. The molecule has 1 N–H and O–H groups in total. The van der Waals surface area contributed by atoms with Gasteiger partial charge in [-0.1, -0.05) is 12.1 Å². The first kappa shape index (κ1) is 14.8. The molecule has 0 spiro atoms. The van der Waals surface area contributed by atoms with Crippen LogP contribution in [-0.2, 0) is 6.54 Å². The summed E-state index contributed by atoms with van der Waals surface area (Å²) < 4.78 is 2.11. The van der Waals surface area contributed by atoms with Gasteiger partial charge in [0.2, 0.25) is 0 Å². The van der Waals surface area contributed by atoms with E-state index in [1.807, 2.05) is 18.7 Å². The molecule has 20 heavy (non-hydrogen) atoms. The van der Waals surface area contributed by atoms with Crippen molar-refractivity contribution >= 4 is 0 Å². The van der Waals surface area contributed by atoms with Gasteiger partial charge in [0.15, 0.2) is 0 Å². The number of nitrogens with zero attached hydrogens (tertiary/aromatic N) is 2. The predicted octanol–water partition coefficient (Wildman–Crippen LogP) is 3.55. The van der Waals surface area contributed by atoms with Crippen molar-refractivity contribution in [3.05, 3.63) is 53.1 Å². The van der Waals surface area contributed by atoms with Gasteiger partial charge in [0.25, 0.3) is 0 Å². The summed E-state index contributed by atoms with van der Waals surface area (Å²) in [5.41, 5.74) is 5.49. The Morgan fingerprint density at radius 1 is 1.10 bits per heavy atom. The predicted molar refractivity (Wildman–Crippen MR) is 83.9 cm³/mol. The van der Waals surface area contributed by atoms with Gasteiger partial charge in [-0.25, -0.2) is 4.98 Å². The lowest BCUT2D eigenvalue weighted by molar-refractivity contribution is 0.429. The number of hydrogen-bond acceptors (Lipinski definition) is 2. The molecular weight excluding hydrogens is 246 g/mol. The maximum atomic E-state index is 4.08. The van der Waals surface area contributed by atoms with Crippen LogP contribution in [0.15, 0.2) is 30.9 Å². The van der Waals surface area contributed by atoms with Gasteiger partial charge in [-0.2, -0.15) is 0 Å². The van der Waals surface area contributed by atoms with Crippen LogP contribution in [0.25, 0.3) is 0 Å². The van der Waals surface area contributed by atoms with Crippen LogP contribution in [0.2, 0.25) is 0 Å². The number of aryl methyl sites for hydroxylation is 3. The molecule has 0 amide bonds. The van der Waals surface area contributed by atoms with E-state index in [2.05, 4.69) is 61.6 Å². The zero-order valence-electron chi connectivity index (χ0n) is 13.1. The van der Waals surface area contributed by atoms with E-state index in [4.69, 9.17) is 0 Å². The Bertz CT molecular complexity index is 558. The number of nitrogens with one attached hydrogen (secondary N) is 1. The monoisotopic (exact) mass is 271 g/mol. The number of hydrogen-bond donors (Lipinski definition) is 1. The molecule has 0 aliphatic carbocycles. The molecule has 0 saturated heterocycles. The van der Waals surface area contributed by atoms with Crippen LogP contribution in [-0.4, -0.2) is 15.6 Å². The standard InChI is InChI=1S/C17H25N3/c1-12-8-14(3)17(9-13(12)2)16(5)19-15(4)10-20-7-6-18-11-20/h6-9,11,15-16,19H,10H2,1-5H3. The van der Waals surface area contributed by atoms with Crippen LogP contribution in [0.1, 0.15) is 42.1 Å². The lowest BCUT2D eigenvalue weighted by atomic mass is 9.96. The SMILES string of the molecule is Cc1cc(C)c(C(C)NC(C)Cn2ccnc2)cc1C. The number of rotatable bonds is 5. The Morgan fingerprint density at radius 2 is 1.80 bits per heavy atom. The summed E-state index contributed by atoms with van der Waals surface area (Å²) in [6.07, 6.45) is 5.69. The van der Waals surface area contributed by atoms with Crippen molar-refractivity contribution in [1.29, 1.82) is 0 Å². The fourth-order valence-corrected chi connectivity index (χ4v) is 2.73. The van der Waals surface area contributed by atoms with Crippen LogP contribution in [0.5, 0.6) is 0 Å². The first-order valence-electron chi connectivity index (χ1n) is 7.27. The van der Waals surface area contributed by atoms with Gasteiger partial charge in [0.1, 0.15) is 0 Å². The van der Waals surface area contributed by atoms with E-state index in [9.17, 15) is 0 Å². The van der Waals surface area contributed by atoms with Crippen LogP contribution in [0.3, 0.4) is 0 Å². The summed E-state index contributed by atoms with van der Waals surface area (Å²) in [6.45, 7) is 11.9. The fourth-order valence-electron chi connectivity index (χ4n) is 2.73. The van der Waals surface area contributed by atoms with E-state index in [0.717, 1.165) is 6.54 Å². The number of imidazole rings is 1. The van der Waals surface area contributed by atoms with Crippen LogP contribution < -0.4 is 5.32 Å². The quantitative estimate of drug-likeness (QED) is 0.901. The smallest absolute Gasteiger partial charge is 0.0946 e. The van der Waals surface area contributed by atoms with Gasteiger partial charge >= 0.3 is 0 Å². The molecule has 0 saturated carbocycles. The second-order valence-corrected chi connectivity index (χ2v) is 5.84. The van der Waals surface area contributed by atoms with Crippen molar-refractivity contribution in [2.75, 3.05) is 0 Å². The van der Waals surface area contributed by atoms with Crippen molar-refractivity contribution < 1.29 is 0 Å². The molecule has 1 aromatic carbocycles. The fraction of sp³-hybridized carbons (Fsp3) is 0.471. The third kappa shape index (κ3) is 3.48. The molecule has 3 heteroatoms. The molecule has 0 bridgehead atoms. The average Bonchev–Trinajstić information content (AvgIpc) is 2.86. The van der Waals surface area contributed by atoms with E-state index < -0.39 is 0 Å². The molecule has 1 heterocycles. The molecule has 2 unspecified atom stereocenters. The summed E-state index contributed by atoms with van der Waals surface area (Å²) in [5, 5.41) is 3.67. The topological polar surface area (TPSA) is 29.9 Å². The Balaban J connectivity index is 2.04. The molecular formula is C17H25N3. The first-order valence-corrected chi connectivity index (χ1v) is 7.27. The van der Waals surface area contributed by atoms with Gasteiger partial charge in [-0.3, -0.25) is 0 Å². The van der Waals surface area contributed by atoms with E-state index in [0.29, 0.717) is 12.1 Å². The van der Waals surface area contributed by atoms with Crippen LogP contribution in [0, 0.1) is 20.8 Å². The third-order valence-corrected chi connectivity index (χ3v) is 3.93. The highest BCUT2D eigenvalue weighted by molar-refractivity contribution is 5.38. The highest BCUT2D eigenvalue weighted by Gasteiger charge is 2.13. The van der Waals surface area contributed by atoms with Crippen LogP contribution in [0.4, 0.5) is 0 Å². The highest BCUT2D eigenvalue weighted by Crippen LogP contribution is 2.22. The lowest BCUT2D eigenvalue weighted by Gasteiger charge is -2.23. The molecule has 3 nitrogen and oxygen atoms in total. The van der Waals surface area contributed by atoms with Crippen LogP contribution >= 0.6 is 0 Å². The van der Waals surface area contributed by atoms with E-state index in [1.54, 1.807) is 0 Å². The minimum atomic E-state index is 0.354. The van der Waals surface area contributed by atoms with Crippen molar-refractivity contribution in [1.82, 2.24) is 14.9 Å². The molecule has 0 aliphatic rings. The zero-order valence-corrected chi connectivity index (χ0v) is 13.1. The largest absolute Gasteiger partial charge is 0.336 e. The molecule has 2 atom stereocenters. The molecule has 1 aromatic heterocycles. The van der Waals surface area contributed by atoms with Crippen molar-refractivity contribution in [3.63, 3.8) is 0 Å². The number of benzene rings is 1. The summed E-state index contributed by atoms with van der Waals surface area (Å²) in [7, 11) is 0. The summed E-state index contributed by atoms with van der Waals surface area (Å²) in [5.74, 6) is 0.